The molecule has 0 unspecified atom stereocenters. The number of hydrogen-bond donors (Lipinski definition) is 1. The lowest BCUT2D eigenvalue weighted by molar-refractivity contribution is -0.121. The maximum absolute atomic E-state index is 12.2. The summed E-state index contributed by atoms with van der Waals surface area (Å²) in [5.41, 5.74) is 5.11. The second kappa shape index (κ2) is 9.55. The number of hydrazone groups is 1. The van der Waals surface area contributed by atoms with Crippen LogP contribution in [-0.2, 0) is 11.3 Å². The highest BCUT2D eigenvalue weighted by Gasteiger charge is 2.07. The van der Waals surface area contributed by atoms with Crippen LogP contribution in [0.25, 0.3) is 11.0 Å². The lowest BCUT2D eigenvalue weighted by Gasteiger charge is -2.10. The fourth-order valence-electron chi connectivity index (χ4n) is 2.72. The van der Waals surface area contributed by atoms with Gasteiger partial charge in [-0.25, -0.2) is 10.4 Å². The standard InChI is InChI=1S/C21H24N4O3/c1-3-4-11-28-20-12-16(9-10-19(20)27-2)13-23-24-21(26)14-25-15-22-17-7-5-6-8-18(17)25/h5-10,12-13,15H,3-4,11,14H2,1-2H3,(H,24,26)/b23-13-. The molecule has 0 fully saturated rings. The third kappa shape index (κ3) is 4.88. The summed E-state index contributed by atoms with van der Waals surface area (Å²) in [7, 11) is 1.61. The number of fused-ring (bicyclic) bond motifs is 1. The summed E-state index contributed by atoms with van der Waals surface area (Å²) >= 11 is 0. The predicted molar refractivity (Wildman–Crippen MR) is 109 cm³/mol. The van der Waals surface area contributed by atoms with Gasteiger partial charge in [0.15, 0.2) is 11.5 Å². The highest BCUT2D eigenvalue weighted by molar-refractivity contribution is 5.84. The highest BCUT2D eigenvalue weighted by atomic mass is 16.5. The molecule has 0 bridgehead atoms. The number of hydrogen-bond acceptors (Lipinski definition) is 5. The van der Waals surface area contributed by atoms with E-state index in [9.17, 15) is 4.79 Å². The molecule has 1 N–H and O–H groups in total. The molecule has 0 aliphatic rings. The van der Waals surface area contributed by atoms with E-state index >= 15 is 0 Å². The number of aromatic nitrogens is 2. The Morgan fingerprint density at radius 3 is 2.93 bits per heavy atom. The van der Waals surface area contributed by atoms with Gasteiger partial charge in [-0.1, -0.05) is 25.5 Å². The zero-order chi connectivity index (χ0) is 19.8. The van der Waals surface area contributed by atoms with Gasteiger partial charge in [0.1, 0.15) is 6.54 Å². The molecular weight excluding hydrogens is 356 g/mol. The lowest BCUT2D eigenvalue weighted by Crippen LogP contribution is -2.22. The average Bonchev–Trinajstić information content (AvgIpc) is 3.11. The minimum atomic E-state index is -0.229. The first-order chi connectivity index (χ1) is 13.7. The van der Waals surface area contributed by atoms with E-state index in [4.69, 9.17) is 9.47 Å². The van der Waals surface area contributed by atoms with Crippen LogP contribution in [0.2, 0.25) is 0 Å². The number of imidazole rings is 1. The Morgan fingerprint density at radius 1 is 1.25 bits per heavy atom. The number of unbranched alkanes of at least 4 members (excludes halogenated alkanes) is 1. The first-order valence-corrected chi connectivity index (χ1v) is 9.24. The molecule has 0 radical (unpaired) electrons. The number of ether oxygens (including phenoxy) is 2. The van der Waals surface area contributed by atoms with E-state index in [0.29, 0.717) is 18.1 Å². The molecule has 2 aromatic carbocycles. The van der Waals surface area contributed by atoms with Crippen molar-refractivity contribution in [1.29, 1.82) is 0 Å². The quantitative estimate of drug-likeness (QED) is 0.351. The number of rotatable bonds is 9. The van der Waals surface area contributed by atoms with Gasteiger partial charge in [-0.05, 0) is 42.3 Å². The molecule has 1 heterocycles. The van der Waals surface area contributed by atoms with Gasteiger partial charge in [0, 0.05) is 0 Å². The van der Waals surface area contributed by atoms with Crippen molar-refractivity contribution >= 4 is 23.2 Å². The summed E-state index contributed by atoms with van der Waals surface area (Å²) in [4.78, 5) is 16.4. The summed E-state index contributed by atoms with van der Waals surface area (Å²) in [5.74, 6) is 1.10. The van der Waals surface area contributed by atoms with Crippen LogP contribution in [0.15, 0.2) is 53.9 Å². The Labute approximate surface area is 164 Å². The zero-order valence-electron chi connectivity index (χ0n) is 16.1. The molecule has 0 spiro atoms. The molecule has 0 aliphatic carbocycles. The number of nitrogens with one attached hydrogen (secondary N) is 1. The van der Waals surface area contributed by atoms with Gasteiger partial charge in [0.05, 0.1) is 37.3 Å². The fraction of sp³-hybridized carbons (Fsp3) is 0.286. The van der Waals surface area contributed by atoms with Crippen molar-refractivity contribution < 1.29 is 14.3 Å². The monoisotopic (exact) mass is 380 g/mol. The molecule has 28 heavy (non-hydrogen) atoms. The Morgan fingerprint density at radius 2 is 2.11 bits per heavy atom. The van der Waals surface area contributed by atoms with Crippen LogP contribution in [0.5, 0.6) is 11.5 Å². The van der Waals surface area contributed by atoms with Gasteiger partial charge in [0.2, 0.25) is 0 Å². The first-order valence-electron chi connectivity index (χ1n) is 9.24. The SMILES string of the molecule is CCCCOc1cc(/C=N\NC(=O)Cn2cnc3ccccc32)ccc1OC. The van der Waals surface area contributed by atoms with Crippen molar-refractivity contribution in [2.75, 3.05) is 13.7 Å². The number of carbonyl (C=O) groups is 1. The summed E-state index contributed by atoms with van der Waals surface area (Å²) in [6.07, 6.45) is 5.26. The van der Waals surface area contributed by atoms with Crippen LogP contribution < -0.4 is 14.9 Å². The van der Waals surface area contributed by atoms with Crippen LogP contribution in [0, 0.1) is 0 Å². The molecule has 1 amide bonds. The van der Waals surface area contributed by atoms with Crippen LogP contribution in [0.1, 0.15) is 25.3 Å². The maximum Gasteiger partial charge on any atom is 0.260 e. The molecular formula is C21H24N4O3. The van der Waals surface area contributed by atoms with Gasteiger partial charge in [-0.3, -0.25) is 4.79 Å². The molecule has 7 nitrogen and oxygen atoms in total. The summed E-state index contributed by atoms with van der Waals surface area (Å²) in [6.45, 7) is 2.88. The average molecular weight is 380 g/mol. The van der Waals surface area contributed by atoms with Gasteiger partial charge in [0.25, 0.3) is 5.91 Å². The number of para-hydroxylation sites is 2. The predicted octanol–water partition coefficient (Wildman–Crippen LogP) is 3.37. The highest BCUT2D eigenvalue weighted by Crippen LogP contribution is 2.27. The molecule has 146 valence electrons. The number of nitrogens with zero attached hydrogens (tertiary/aromatic N) is 3. The zero-order valence-corrected chi connectivity index (χ0v) is 16.1. The van der Waals surface area contributed by atoms with Gasteiger partial charge in [-0.15, -0.1) is 0 Å². The Kier molecular flexibility index (Phi) is 6.62. The molecule has 0 saturated heterocycles. The molecule has 3 aromatic rings. The minimum Gasteiger partial charge on any atom is -0.493 e. The van der Waals surface area contributed by atoms with E-state index in [1.54, 1.807) is 24.2 Å². The van der Waals surface area contributed by atoms with Crippen LogP contribution in [0.3, 0.4) is 0 Å². The molecule has 0 aliphatic heterocycles. The van der Waals surface area contributed by atoms with Gasteiger partial charge >= 0.3 is 0 Å². The van der Waals surface area contributed by atoms with Crippen LogP contribution in [-0.4, -0.2) is 35.4 Å². The fourth-order valence-corrected chi connectivity index (χ4v) is 2.72. The Bertz CT molecular complexity index is 965. The van der Waals surface area contributed by atoms with Crippen LogP contribution >= 0.6 is 0 Å². The summed E-state index contributed by atoms with van der Waals surface area (Å²) < 4.78 is 12.9. The van der Waals surface area contributed by atoms with Crippen molar-refractivity contribution in [3.63, 3.8) is 0 Å². The third-order valence-electron chi connectivity index (χ3n) is 4.19. The van der Waals surface area contributed by atoms with Crippen molar-refractivity contribution in [3.05, 3.63) is 54.4 Å². The van der Waals surface area contributed by atoms with E-state index < -0.39 is 0 Å². The van der Waals surface area contributed by atoms with E-state index in [1.165, 1.54) is 0 Å². The number of amides is 1. The van der Waals surface area contributed by atoms with Gasteiger partial charge < -0.3 is 14.0 Å². The van der Waals surface area contributed by atoms with Crippen LogP contribution in [0.4, 0.5) is 0 Å². The minimum absolute atomic E-state index is 0.145. The van der Waals surface area contributed by atoms with E-state index in [1.807, 2.05) is 42.5 Å². The van der Waals surface area contributed by atoms with E-state index in [0.717, 1.165) is 29.4 Å². The molecule has 3 rings (SSSR count). The Balaban J connectivity index is 1.60. The normalized spacial score (nSPS) is 11.1. The molecule has 7 heteroatoms. The summed E-state index contributed by atoms with van der Waals surface area (Å²) in [5, 5.41) is 4.04. The Hall–Kier alpha value is -3.35. The second-order valence-corrected chi connectivity index (χ2v) is 6.27. The lowest BCUT2D eigenvalue weighted by atomic mass is 10.2. The van der Waals surface area contributed by atoms with E-state index in [-0.39, 0.29) is 12.5 Å². The number of carbonyl (C=O) groups excluding carboxylic acids is 1. The van der Waals surface area contributed by atoms with Crippen molar-refractivity contribution in [2.24, 2.45) is 5.10 Å². The number of methoxy groups -OCH3 is 1. The van der Waals surface area contributed by atoms with E-state index in [2.05, 4.69) is 22.4 Å². The van der Waals surface area contributed by atoms with Gasteiger partial charge in [-0.2, -0.15) is 5.10 Å². The molecule has 1 aromatic heterocycles. The second-order valence-electron chi connectivity index (χ2n) is 6.27. The third-order valence-corrected chi connectivity index (χ3v) is 4.19. The van der Waals surface area contributed by atoms with Crippen molar-refractivity contribution in [3.8, 4) is 11.5 Å². The molecule has 0 atom stereocenters. The maximum atomic E-state index is 12.2. The first kappa shape index (κ1) is 19.4. The summed E-state index contributed by atoms with van der Waals surface area (Å²) in [6, 6.07) is 13.2. The smallest absolute Gasteiger partial charge is 0.260 e. The topological polar surface area (TPSA) is 77.7 Å². The molecule has 0 saturated carbocycles. The van der Waals surface area contributed by atoms with Crippen molar-refractivity contribution in [1.82, 2.24) is 15.0 Å². The largest absolute Gasteiger partial charge is 0.493 e. The number of benzene rings is 2. The van der Waals surface area contributed by atoms with Crippen molar-refractivity contribution in [2.45, 2.75) is 26.3 Å².